The third kappa shape index (κ3) is 3.81. The van der Waals surface area contributed by atoms with Crippen molar-refractivity contribution < 1.29 is 33.5 Å². The molecule has 13 heteroatoms. The second-order valence-corrected chi connectivity index (χ2v) is 12.9. The minimum atomic E-state index is -2.78. The summed E-state index contributed by atoms with van der Waals surface area (Å²) in [6, 6.07) is 6.76. The van der Waals surface area contributed by atoms with Gasteiger partial charge in [0.2, 0.25) is 5.91 Å². The van der Waals surface area contributed by atoms with Gasteiger partial charge in [-0.05, 0) is 82.7 Å². The highest BCUT2D eigenvalue weighted by Gasteiger charge is 2.78. The van der Waals surface area contributed by atoms with Gasteiger partial charge in [0.15, 0.2) is 34.5 Å². The van der Waals surface area contributed by atoms with Gasteiger partial charge < -0.3 is 26.7 Å². The summed E-state index contributed by atoms with van der Waals surface area (Å²) in [6.45, 7) is 2.55. The molecule has 1 aromatic carbocycles. The Morgan fingerprint density at radius 3 is 2.41 bits per heavy atom. The van der Waals surface area contributed by atoms with E-state index >= 15 is 0 Å². The number of phenolic OH excluding ortho intramolecular Hbond substituents is 1. The number of likely N-dealkylation sites (tertiary alicyclic amines) is 1. The van der Waals surface area contributed by atoms with Crippen molar-refractivity contribution in [3.05, 3.63) is 41.2 Å². The Morgan fingerprint density at radius 2 is 1.80 bits per heavy atom. The molecule has 2 saturated carbocycles. The maximum atomic E-state index is 14.5. The second kappa shape index (κ2) is 9.90. The Morgan fingerprint density at radius 1 is 1.11 bits per heavy atom. The Balaban J connectivity index is 1.50. The molecule has 2 aromatic rings. The van der Waals surface area contributed by atoms with Gasteiger partial charge in [-0.3, -0.25) is 33.8 Å². The van der Waals surface area contributed by atoms with Gasteiger partial charge in [0, 0.05) is 11.1 Å². The van der Waals surface area contributed by atoms with Crippen LogP contribution in [0, 0.1) is 28.6 Å². The highest BCUT2D eigenvalue weighted by Crippen LogP contribution is 2.57. The minimum Gasteiger partial charge on any atom is -0.507 e. The molecule has 4 aliphatic rings. The summed E-state index contributed by atoms with van der Waals surface area (Å²) in [5, 5.41) is 21.4. The molecule has 0 spiro atoms. The summed E-state index contributed by atoms with van der Waals surface area (Å²) in [7, 11) is 2.92. The molecule has 44 heavy (non-hydrogen) atoms. The molecular weight excluding hydrogens is 568 g/mol. The normalized spacial score (nSPS) is 33.6. The highest BCUT2D eigenvalue weighted by molar-refractivity contribution is 6.33. The third-order valence-corrected chi connectivity index (χ3v) is 9.98. The predicted octanol–water partition coefficient (Wildman–Crippen LogP) is -0.336. The Labute approximate surface area is 252 Å². The fourth-order valence-corrected chi connectivity index (χ4v) is 8.21. The zero-order valence-electron chi connectivity index (χ0n) is 24.5. The number of hydrogen-bond acceptors (Lipinski definition) is 12. The first-order valence-electron chi connectivity index (χ1n) is 14.5. The topological polar surface area (TPSA) is 227 Å². The molecule has 1 amide bonds. The van der Waals surface area contributed by atoms with Gasteiger partial charge in [-0.25, -0.2) is 0 Å². The number of fused-ring (bicyclic) bond motifs is 3. The molecule has 7 N–H and O–H groups in total. The lowest BCUT2D eigenvalue weighted by atomic mass is 9.42. The van der Waals surface area contributed by atoms with Crippen molar-refractivity contribution in [2.75, 3.05) is 27.2 Å². The van der Waals surface area contributed by atoms with Crippen LogP contribution in [-0.2, 0) is 32.1 Å². The van der Waals surface area contributed by atoms with E-state index in [0.29, 0.717) is 23.4 Å². The molecule has 2 unspecified atom stereocenters. The van der Waals surface area contributed by atoms with Gasteiger partial charge in [0.25, 0.3) is 0 Å². The Kier molecular flexibility index (Phi) is 6.71. The average molecular weight is 603 g/mol. The molecular formula is C31H34N6O7. The molecule has 2 heterocycles. The number of primary amides is 1. The van der Waals surface area contributed by atoms with Crippen LogP contribution < -0.4 is 17.2 Å². The number of likely N-dealkylation sites (N-methyl/N-ethyl adjacent to an activating group) is 1. The highest BCUT2D eigenvalue weighted by atomic mass is 16.3. The standard InChI is InChI=1S/C31H34N6O7/c1-36(2)25-24(40)21(28(33)43)26(41)30(14-32)27(42)22-23(39)20-17(11-29(22,34)13-31(25,30)35)16(6-7-18(20)38)19-8-5-15(44-19)12-37-9-3-4-10-37/h5-8,21-22,25,38H,3-4,9-13,34-35H2,1-2H3,(H2,33,43)/t21?,22?,25-,29-,30+,31-/m1/s1. The maximum absolute atomic E-state index is 14.5. The largest absolute Gasteiger partial charge is 0.507 e. The fourth-order valence-electron chi connectivity index (χ4n) is 8.21. The molecule has 1 aliphatic heterocycles. The van der Waals surface area contributed by atoms with Crippen molar-refractivity contribution in [1.29, 1.82) is 5.26 Å². The van der Waals surface area contributed by atoms with Crippen LogP contribution in [0.4, 0.5) is 0 Å². The smallest absolute Gasteiger partial charge is 0.235 e. The lowest BCUT2D eigenvalue weighted by Gasteiger charge is -2.60. The van der Waals surface area contributed by atoms with Crippen LogP contribution in [0.5, 0.6) is 5.75 Å². The van der Waals surface area contributed by atoms with E-state index in [4.69, 9.17) is 21.6 Å². The quantitative estimate of drug-likeness (QED) is 0.322. The number of nitrogens with zero attached hydrogens (tertiary/aromatic N) is 3. The van der Waals surface area contributed by atoms with E-state index in [9.17, 15) is 34.3 Å². The number of amides is 1. The summed E-state index contributed by atoms with van der Waals surface area (Å²) in [5.41, 5.74) is 13.1. The number of nitrogens with two attached hydrogens (primary N) is 3. The molecule has 0 bridgehead atoms. The number of furan rings is 1. The number of aromatic hydroxyl groups is 1. The number of rotatable bonds is 5. The first-order valence-corrected chi connectivity index (χ1v) is 14.5. The molecule has 13 nitrogen and oxygen atoms in total. The lowest BCUT2D eigenvalue weighted by Crippen LogP contribution is -2.85. The molecule has 230 valence electrons. The van der Waals surface area contributed by atoms with E-state index in [-0.39, 0.29) is 12.0 Å². The van der Waals surface area contributed by atoms with Gasteiger partial charge >= 0.3 is 0 Å². The van der Waals surface area contributed by atoms with E-state index in [1.54, 1.807) is 18.2 Å². The summed E-state index contributed by atoms with van der Waals surface area (Å²) in [4.78, 5) is 72.0. The molecule has 6 atom stereocenters. The molecule has 3 fully saturated rings. The van der Waals surface area contributed by atoms with Crippen LogP contribution in [0.25, 0.3) is 11.3 Å². The predicted molar refractivity (Wildman–Crippen MR) is 154 cm³/mol. The Bertz CT molecular complexity index is 1690. The number of Topliss-reactive ketones (excluding diaryl/α,β-unsaturated/α-hetero) is 4. The molecule has 6 rings (SSSR count). The summed E-state index contributed by atoms with van der Waals surface area (Å²) < 4.78 is 6.16. The zero-order valence-corrected chi connectivity index (χ0v) is 24.5. The molecule has 1 aromatic heterocycles. The van der Waals surface area contributed by atoms with E-state index in [2.05, 4.69) is 4.90 Å². The number of ketones is 4. The number of carbonyl (C=O) groups is 5. The van der Waals surface area contributed by atoms with Crippen molar-refractivity contribution in [2.24, 2.45) is 34.5 Å². The number of benzene rings is 1. The van der Waals surface area contributed by atoms with E-state index in [1.807, 2.05) is 6.07 Å². The van der Waals surface area contributed by atoms with Crippen LogP contribution in [-0.4, -0.2) is 88.3 Å². The van der Waals surface area contributed by atoms with E-state index in [0.717, 1.165) is 31.7 Å². The number of hydrogen-bond donors (Lipinski definition) is 4. The second-order valence-electron chi connectivity index (χ2n) is 12.9. The van der Waals surface area contributed by atoms with E-state index < -0.39 is 75.6 Å². The summed E-state index contributed by atoms with van der Waals surface area (Å²) in [6.07, 6.45) is 1.59. The van der Waals surface area contributed by atoms with Crippen molar-refractivity contribution in [3.63, 3.8) is 0 Å². The van der Waals surface area contributed by atoms with Gasteiger partial charge in [0.05, 0.1) is 29.8 Å². The molecule has 1 saturated heterocycles. The number of nitriles is 1. The van der Waals surface area contributed by atoms with Crippen LogP contribution >= 0.6 is 0 Å². The van der Waals surface area contributed by atoms with Crippen molar-refractivity contribution >= 4 is 29.0 Å². The van der Waals surface area contributed by atoms with Crippen molar-refractivity contribution in [2.45, 2.75) is 49.3 Å². The van der Waals surface area contributed by atoms with Gasteiger partial charge in [-0.15, -0.1) is 0 Å². The SMILES string of the molecule is CN(C)[C@@H]1C(=O)C(C(N)=O)C(=O)[C@@]2(C#N)C(=O)C3C(=O)c4c(O)ccc(-c5ccc(CN6CCCC6)o5)c4C[C@@]3(N)C[C@@]12N. The first kappa shape index (κ1) is 29.8. The fraction of sp³-hybridized carbons (Fsp3) is 0.484. The average Bonchev–Trinajstić information content (AvgIpc) is 3.60. The zero-order chi connectivity index (χ0) is 31.9. The monoisotopic (exact) mass is 602 g/mol. The summed E-state index contributed by atoms with van der Waals surface area (Å²) >= 11 is 0. The number of carbonyl (C=O) groups excluding carboxylic acids is 5. The minimum absolute atomic E-state index is 0.168. The van der Waals surface area contributed by atoms with E-state index in [1.165, 1.54) is 25.1 Å². The van der Waals surface area contributed by atoms with Gasteiger partial charge in [-0.1, -0.05) is 0 Å². The lowest BCUT2D eigenvalue weighted by molar-refractivity contribution is -0.166. The van der Waals surface area contributed by atoms with Crippen LogP contribution in [0.1, 0.15) is 40.9 Å². The van der Waals surface area contributed by atoms with Crippen molar-refractivity contribution in [3.8, 4) is 23.1 Å². The first-order chi connectivity index (χ1) is 20.7. The third-order valence-electron chi connectivity index (χ3n) is 9.98. The molecule has 3 aliphatic carbocycles. The van der Waals surface area contributed by atoms with Crippen LogP contribution in [0.15, 0.2) is 28.7 Å². The van der Waals surface area contributed by atoms with Gasteiger partial charge in [0.1, 0.15) is 23.2 Å². The van der Waals surface area contributed by atoms with Gasteiger partial charge in [-0.2, -0.15) is 5.26 Å². The Hall–Kier alpha value is -4.22. The van der Waals surface area contributed by atoms with Crippen molar-refractivity contribution in [1.82, 2.24) is 9.80 Å². The number of phenols is 1. The molecule has 0 radical (unpaired) electrons. The summed E-state index contributed by atoms with van der Waals surface area (Å²) in [5.74, 6) is -8.88. The maximum Gasteiger partial charge on any atom is 0.235 e. The van der Waals surface area contributed by atoms with Crippen LogP contribution in [0.2, 0.25) is 0 Å². The van der Waals surface area contributed by atoms with Crippen LogP contribution in [0.3, 0.4) is 0 Å².